The summed E-state index contributed by atoms with van der Waals surface area (Å²) in [6.07, 6.45) is 2.34. The zero-order valence-corrected chi connectivity index (χ0v) is 22.4. The number of anilines is 1. The number of nitrogens with zero attached hydrogens (tertiary/aromatic N) is 6. The van der Waals surface area contributed by atoms with Gasteiger partial charge in [0.2, 0.25) is 0 Å². The minimum absolute atomic E-state index is 0.00326. The van der Waals surface area contributed by atoms with Crippen molar-refractivity contribution in [1.29, 1.82) is 5.26 Å². The molecule has 6 rings (SSSR count). The van der Waals surface area contributed by atoms with Gasteiger partial charge >= 0.3 is 0 Å². The van der Waals surface area contributed by atoms with Gasteiger partial charge < -0.3 is 14.5 Å². The summed E-state index contributed by atoms with van der Waals surface area (Å²) in [5.41, 5.74) is 5.91. The van der Waals surface area contributed by atoms with Gasteiger partial charge in [0.05, 0.1) is 24.3 Å². The van der Waals surface area contributed by atoms with Crippen molar-refractivity contribution < 1.29 is 14.2 Å². The maximum Gasteiger partial charge on any atom is 0.254 e. The second-order valence-electron chi connectivity index (χ2n) is 10.5. The number of fused-ring (bicyclic) bond motifs is 1. The van der Waals surface area contributed by atoms with E-state index in [1.54, 1.807) is 18.2 Å². The minimum Gasteiger partial charge on any atom is -0.372 e. The number of hydrogen-bond donors (Lipinski definition) is 0. The fourth-order valence-corrected chi connectivity index (χ4v) is 5.49. The average Bonchev–Trinajstić information content (AvgIpc) is 3.72. The van der Waals surface area contributed by atoms with Crippen LogP contribution in [0.25, 0.3) is 11.0 Å². The van der Waals surface area contributed by atoms with Crippen molar-refractivity contribution in [3.63, 3.8) is 0 Å². The summed E-state index contributed by atoms with van der Waals surface area (Å²) in [4.78, 5) is 19.9. The first-order valence-electron chi connectivity index (χ1n) is 13.9. The first kappa shape index (κ1) is 26.0. The molecular formula is C31H32N6O3. The van der Waals surface area contributed by atoms with E-state index in [1.807, 2.05) is 29.2 Å². The molecule has 1 aromatic heterocycles. The first-order valence-corrected chi connectivity index (χ1v) is 13.9. The molecular weight excluding hydrogens is 504 g/mol. The molecule has 1 atom stereocenters. The molecule has 2 aliphatic rings. The van der Waals surface area contributed by atoms with Crippen LogP contribution in [0.4, 0.5) is 5.69 Å². The molecule has 1 amide bonds. The quantitative estimate of drug-likeness (QED) is 0.327. The molecule has 2 aliphatic heterocycles. The molecule has 204 valence electrons. The van der Waals surface area contributed by atoms with Crippen molar-refractivity contribution in [3.05, 3.63) is 89.0 Å². The van der Waals surface area contributed by atoms with Gasteiger partial charge in [0.15, 0.2) is 0 Å². The van der Waals surface area contributed by atoms with E-state index in [9.17, 15) is 4.79 Å². The zero-order valence-electron chi connectivity index (χ0n) is 22.4. The van der Waals surface area contributed by atoms with Crippen molar-refractivity contribution in [2.24, 2.45) is 0 Å². The maximum absolute atomic E-state index is 13.2. The molecule has 2 fully saturated rings. The van der Waals surface area contributed by atoms with E-state index in [1.165, 1.54) is 18.5 Å². The van der Waals surface area contributed by atoms with Crippen molar-refractivity contribution >= 4 is 22.6 Å². The smallest absolute Gasteiger partial charge is 0.254 e. The Kier molecular flexibility index (Phi) is 7.71. The van der Waals surface area contributed by atoms with Crippen molar-refractivity contribution in [2.75, 3.05) is 50.7 Å². The molecule has 0 aliphatic carbocycles. The summed E-state index contributed by atoms with van der Waals surface area (Å²) in [5.74, 6) is -0.00326. The lowest BCUT2D eigenvalue weighted by Crippen LogP contribution is -2.49. The molecule has 0 radical (unpaired) electrons. The van der Waals surface area contributed by atoms with E-state index in [4.69, 9.17) is 14.6 Å². The Labute approximate surface area is 233 Å². The predicted octanol–water partition coefficient (Wildman–Crippen LogP) is 4.41. The van der Waals surface area contributed by atoms with Gasteiger partial charge in [-0.2, -0.15) is 5.26 Å². The number of piperazine rings is 1. The number of aromatic nitrogens is 2. The fraction of sp³-hybridized carbons (Fsp3) is 0.355. The van der Waals surface area contributed by atoms with Crippen LogP contribution in [0.5, 0.6) is 0 Å². The average molecular weight is 537 g/mol. The number of nitriles is 1. The maximum atomic E-state index is 13.2. The third-order valence-electron chi connectivity index (χ3n) is 7.83. The van der Waals surface area contributed by atoms with Crippen LogP contribution in [0.2, 0.25) is 0 Å². The number of hydrogen-bond acceptors (Lipinski definition) is 8. The summed E-state index contributed by atoms with van der Waals surface area (Å²) in [6.45, 7) is 6.20. The number of carbonyl (C=O) groups excluding carboxylic acids is 1. The monoisotopic (exact) mass is 536 g/mol. The van der Waals surface area contributed by atoms with E-state index < -0.39 is 0 Å². The van der Waals surface area contributed by atoms with Crippen molar-refractivity contribution in [2.45, 2.75) is 25.6 Å². The summed E-state index contributed by atoms with van der Waals surface area (Å²) in [7, 11) is 0. The predicted molar refractivity (Wildman–Crippen MR) is 151 cm³/mol. The minimum atomic E-state index is -0.123. The van der Waals surface area contributed by atoms with Gasteiger partial charge in [-0.25, -0.2) is 4.63 Å². The second kappa shape index (κ2) is 11.9. The SMILES string of the molecule is N#Cc1ccc(CO[C@H](CN2CCN(C(=O)c3ccc4nonc4c3)CC2)c2cccc(N3CCCC3)c2)cc1. The van der Waals surface area contributed by atoms with Gasteiger partial charge in [-0.1, -0.05) is 24.3 Å². The van der Waals surface area contributed by atoms with Gasteiger partial charge in [0.25, 0.3) is 5.91 Å². The Morgan fingerprint density at radius 1 is 0.925 bits per heavy atom. The molecule has 2 saturated heterocycles. The second-order valence-corrected chi connectivity index (χ2v) is 10.5. The molecule has 0 bridgehead atoms. The number of amides is 1. The molecule has 3 heterocycles. The lowest BCUT2D eigenvalue weighted by Gasteiger charge is -2.36. The topological polar surface area (TPSA) is 98.7 Å². The van der Waals surface area contributed by atoms with Crippen LogP contribution < -0.4 is 4.90 Å². The molecule has 0 spiro atoms. The van der Waals surface area contributed by atoms with Crippen molar-refractivity contribution in [1.82, 2.24) is 20.1 Å². The van der Waals surface area contributed by atoms with Crippen LogP contribution in [0.3, 0.4) is 0 Å². The normalized spacial score (nSPS) is 16.8. The van der Waals surface area contributed by atoms with Gasteiger partial charge in [0.1, 0.15) is 11.0 Å². The van der Waals surface area contributed by atoms with Gasteiger partial charge in [0, 0.05) is 57.1 Å². The summed E-state index contributed by atoms with van der Waals surface area (Å²) in [6, 6.07) is 23.7. The molecule has 9 heteroatoms. The van der Waals surface area contributed by atoms with Crippen LogP contribution >= 0.6 is 0 Å². The van der Waals surface area contributed by atoms with E-state index in [2.05, 4.69) is 50.4 Å². The Balaban J connectivity index is 1.13. The third kappa shape index (κ3) is 5.83. The molecule has 9 nitrogen and oxygen atoms in total. The van der Waals surface area contributed by atoms with Crippen molar-refractivity contribution in [3.8, 4) is 6.07 Å². The van der Waals surface area contributed by atoms with Gasteiger partial charge in [-0.05, 0) is 76.7 Å². The molecule has 3 aromatic carbocycles. The highest BCUT2D eigenvalue weighted by Gasteiger charge is 2.26. The molecule has 0 saturated carbocycles. The van der Waals surface area contributed by atoms with Gasteiger partial charge in [-0.15, -0.1) is 0 Å². The molecule has 0 N–H and O–H groups in total. The van der Waals surface area contributed by atoms with E-state index in [0.29, 0.717) is 41.9 Å². The fourth-order valence-electron chi connectivity index (χ4n) is 5.49. The lowest BCUT2D eigenvalue weighted by molar-refractivity contribution is 0.00344. The first-order chi connectivity index (χ1) is 19.7. The summed E-state index contributed by atoms with van der Waals surface area (Å²) >= 11 is 0. The number of carbonyl (C=O) groups is 1. The third-order valence-corrected chi connectivity index (χ3v) is 7.83. The van der Waals surface area contributed by atoms with Crippen LogP contribution in [0, 0.1) is 11.3 Å². The number of ether oxygens (including phenoxy) is 1. The largest absolute Gasteiger partial charge is 0.372 e. The Bertz CT molecular complexity index is 1500. The van der Waals surface area contributed by atoms with Crippen LogP contribution in [-0.4, -0.2) is 71.8 Å². The standard InChI is InChI=1S/C31H32N6O3/c32-20-23-6-8-24(9-7-23)22-39-30(25-4-3-5-27(18-25)36-12-1-2-13-36)21-35-14-16-37(17-15-35)31(38)26-10-11-28-29(19-26)34-40-33-28/h3-11,18-19,30H,1-2,12-17,21-22H2/t30-/m1/s1. The molecule has 0 unspecified atom stereocenters. The lowest BCUT2D eigenvalue weighted by atomic mass is 10.1. The zero-order chi connectivity index (χ0) is 27.3. The number of rotatable bonds is 8. The van der Waals surface area contributed by atoms with E-state index in [0.717, 1.165) is 43.9 Å². The van der Waals surface area contributed by atoms with Crippen LogP contribution in [0.15, 0.2) is 71.4 Å². The van der Waals surface area contributed by atoms with Crippen LogP contribution in [0.1, 0.15) is 46.0 Å². The highest BCUT2D eigenvalue weighted by atomic mass is 16.6. The Morgan fingerprint density at radius 2 is 1.70 bits per heavy atom. The summed E-state index contributed by atoms with van der Waals surface area (Å²) < 4.78 is 11.3. The highest BCUT2D eigenvalue weighted by molar-refractivity contribution is 5.97. The molecule has 40 heavy (non-hydrogen) atoms. The van der Waals surface area contributed by atoms with E-state index in [-0.39, 0.29) is 12.0 Å². The Hall–Kier alpha value is -4.26. The van der Waals surface area contributed by atoms with Crippen LogP contribution in [-0.2, 0) is 11.3 Å². The summed E-state index contributed by atoms with van der Waals surface area (Å²) in [5, 5.41) is 16.8. The van der Waals surface area contributed by atoms with E-state index >= 15 is 0 Å². The number of benzene rings is 3. The van der Waals surface area contributed by atoms with Gasteiger partial charge in [-0.3, -0.25) is 9.69 Å². The highest BCUT2D eigenvalue weighted by Crippen LogP contribution is 2.28. The molecule has 4 aromatic rings. The Morgan fingerprint density at radius 3 is 2.48 bits per heavy atom.